The normalized spacial score (nSPS) is 18.2. The third-order valence-electron chi connectivity index (χ3n) is 4.53. The molecule has 1 aliphatic rings. The van der Waals surface area contributed by atoms with E-state index in [4.69, 9.17) is 4.74 Å². The van der Waals surface area contributed by atoms with Crippen LogP contribution >= 0.6 is 0 Å². The number of hydrogen-bond acceptors (Lipinski definition) is 4. The highest BCUT2D eigenvalue weighted by molar-refractivity contribution is 5.98. The van der Waals surface area contributed by atoms with E-state index in [0.717, 1.165) is 23.0 Å². The fourth-order valence-electron chi connectivity index (χ4n) is 3.28. The number of aromatic amines is 1. The third kappa shape index (κ3) is 3.53. The number of amides is 1. The molecule has 1 saturated heterocycles. The number of ether oxygens (including phenoxy) is 1. The maximum absolute atomic E-state index is 12.9. The van der Waals surface area contributed by atoms with E-state index in [0.29, 0.717) is 32.0 Å². The maximum atomic E-state index is 12.9. The molecule has 0 spiro atoms. The summed E-state index contributed by atoms with van der Waals surface area (Å²) in [5.41, 5.74) is 2.59. The second-order valence-corrected chi connectivity index (χ2v) is 6.37. The van der Waals surface area contributed by atoms with E-state index in [9.17, 15) is 4.79 Å². The molecule has 1 amide bonds. The van der Waals surface area contributed by atoms with Crippen molar-refractivity contribution >= 4 is 16.8 Å². The topological polar surface area (TPSA) is 71.1 Å². The molecule has 0 radical (unpaired) electrons. The highest BCUT2D eigenvalue weighted by Gasteiger charge is 2.24. The molecular formula is C19H20N4O2. The zero-order chi connectivity index (χ0) is 17.1. The number of H-pyrrole nitrogens is 1. The van der Waals surface area contributed by atoms with Gasteiger partial charge in [0, 0.05) is 41.8 Å². The molecule has 2 aromatic heterocycles. The first-order valence-corrected chi connectivity index (χ1v) is 8.49. The Kier molecular flexibility index (Phi) is 4.43. The first-order valence-electron chi connectivity index (χ1n) is 8.49. The number of nitrogens with one attached hydrogen (secondary N) is 1. The van der Waals surface area contributed by atoms with Crippen LogP contribution in [0.25, 0.3) is 10.9 Å². The van der Waals surface area contributed by atoms with Crippen LogP contribution in [-0.4, -0.2) is 52.1 Å². The Labute approximate surface area is 145 Å². The molecule has 0 bridgehead atoms. The smallest absolute Gasteiger partial charge is 0.270 e. The van der Waals surface area contributed by atoms with Crippen molar-refractivity contribution in [2.75, 3.05) is 26.3 Å². The molecule has 6 heteroatoms. The summed E-state index contributed by atoms with van der Waals surface area (Å²) in [6, 6.07) is 11.8. The van der Waals surface area contributed by atoms with Gasteiger partial charge in [0.1, 0.15) is 12.0 Å². The van der Waals surface area contributed by atoms with Crippen LogP contribution in [0.5, 0.6) is 0 Å². The minimum absolute atomic E-state index is 0.0226. The van der Waals surface area contributed by atoms with E-state index in [1.807, 2.05) is 41.3 Å². The Morgan fingerprint density at radius 2 is 2.24 bits per heavy atom. The highest BCUT2D eigenvalue weighted by atomic mass is 16.5. The van der Waals surface area contributed by atoms with Gasteiger partial charge in [-0.2, -0.15) is 0 Å². The van der Waals surface area contributed by atoms with Crippen molar-refractivity contribution in [3.63, 3.8) is 0 Å². The number of rotatable bonds is 3. The molecule has 1 N–H and O–H groups in total. The summed E-state index contributed by atoms with van der Waals surface area (Å²) >= 11 is 0. The molecule has 128 valence electrons. The molecular weight excluding hydrogens is 316 g/mol. The predicted octanol–water partition coefficient (Wildman–Crippen LogP) is 2.29. The molecule has 6 nitrogen and oxygen atoms in total. The van der Waals surface area contributed by atoms with Gasteiger partial charge in [-0.3, -0.25) is 4.79 Å². The third-order valence-corrected chi connectivity index (χ3v) is 4.53. The van der Waals surface area contributed by atoms with Crippen LogP contribution in [0.3, 0.4) is 0 Å². The summed E-state index contributed by atoms with van der Waals surface area (Å²) in [5.74, 6) is 0.250. The van der Waals surface area contributed by atoms with E-state index >= 15 is 0 Å². The summed E-state index contributed by atoms with van der Waals surface area (Å²) in [4.78, 5) is 26.3. The Morgan fingerprint density at radius 3 is 3.08 bits per heavy atom. The number of fused-ring (bicyclic) bond motifs is 1. The Bertz CT molecular complexity index is 829. The Balaban J connectivity index is 1.50. The number of aromatic nitrogens is 3. The van der Waals surface area contributed by atoms with Crippen molar-refractivity contribution in [1.29, 1.82) is 0 Å². The zero-order valence-electron chi connectivity index (χ0n) is 13.9. The Hall–Kier alpha value is -2.73. The highest BCUT2D eigenvalue weighted by Crippen LogP contribution is 2.18. The van der Waals surface area contributed by atoms with Crippen molar-refractivity contribution < 1.29 is 9.53 Å². The van der Waals surface area contributed by atoms with Gasteiger partial charge < -0.3 is 14.6 Å². The van der Waals surface area contributed by atoms with Gasteiger partial charge in [-0.15, -0.1) is 0 Å². The number of hydrogen-bond donors (Lipinski definition) is 1. The molecule has 1 atom stereocenters. The fraction of sp³-hybridized carbons (Fsp3) is 0.316. The van der Waals surface area contributed by atoms with Gasteiger partial charge in [-0.25, -0.2) is 9.97 Å². The van der Waals surface area contributed by atoms with Gasteiger partial charge in [-0.1, -0.05) is 18.2 Å². The van der Waals surface area contributed by atoms with Crippen molar-refractivity contribution in [2.45, 2.75) is 6.42 Å². The summed E-state index contributed by atoms with van der Waals surface area (Å²) < 4.78 is 5.71. The first-order chi connectivity index (χ1) is 12.3. The minimum atomic E-state index is 0.0226. The predicted molar refractivity (Wildman–Crippen MR) is 94.2 cm³/mol. The van der Waals surface area contributed by atoms with Gasteiger partial charge in [0.2, 0.25) is 0 Å². The molecule has 1 unspecified atom stereocenters. The summed E-state index contributed by atoms with van der Waals surface area (Å²) in [6.45, 7) is 2.47. The summed E-state index contributed by atoms with van der Waals surface area (Å²) in [7, 11) is 0. The van der Waals surface area contributed by atoms with E-state index in [2.05, 4.69) is 15.0 Å². The fourth-order valence-corrected chi connectivity index (χ4v) is 3.28. The summed E-state index contributed by atoms with van der Waals surface area (Å²) in [6.07, 6.45) is 4.08. The largest absolute Gasteiger partial charge is 0.379 e. The lowest BCUT2D eigenvalue weighted by Crippen LogP contribution is -2.36. The number of nitrogens with zero attached hydrogens (tertiary/aromatic N) is 3. The van der Waals surface area contributed by atoms with Crippen molar-refractivity contribution in [1.82, 2.24) is 19.9 Å². The SMILES string of the molecule is O=C(c1cc2ccccc2[nH]1)N1CCOCC(Cc2ccncn2)C1. The van der Waals surface area contributed by atoms with E-state index in [1.165, 1.54) is 0 Å². The second kappa shape index (κ2) is 7.03. The van der Waals surface area contributed by atoms with Crippen LogP contribution in [0.15, 0.2) is 48.9 Å². The lowest BCUT2D eigenvalue weighted by molar-refractivity contribution is 0.0732. The van der Waals surface area contributed by atoms with Crippen molar-refractivity contribution in [3.05, 3.63) is 60.3 Å². The number of para-hydroxylation sites is 1. The number of carbonyl (C=O) groups excluding carboxylic acids is 1. The first kappa shape index (κ1) is 15.8. The second-order valence-electron chi connectivity index (χ2n) is 6.37. The quantitative estimate of drug-likeness (QED) is 0.796. The van der Waals surface area contributed by atoms with E-state index in [-0.39, 0.29) is 11.8 Å². The van der Waals surface area contributed by atoms with Crippen LogP contribution in [0, 0.1) is 5.92 Å². The van der Waals surface area contributed by atoms with Crippen molar-refractivity contribution in [3.8, 4) is 0 Å². The molecule has 25 heavy (non-hydrogen) atoms. The van der Waals surface area contributed by atoms with Crippen LogP contribution in [0.4, 0.5) is 0 Å². The monoisotopic (exact) mass is 336 g/mol. The van der Waals surface area contributed by atoms with Gasteiger partial charge in [0.05, 0.1) is 13.2 Å². The van der Waals surface area contributed by atoms with Gasteiger partial charge in [0.25, 0.3) is 5.91 Å². The lowest BCUT2D eigenvalue weighted by Gasteiger charge is -2.23. The molecule has 1 aliphatic heterocycles. The standard InChI is InChI=1S/C19H20N4O2/c24-19(18-10-15-3-1-2-4-17(15)22-18)23-7-8-25-12-14(11-23)9-16-5-6-20-13-21-16/h1-6,10,13-14,22H,7-9,11-12H2. The maximum Gasteiger partial charge on any atom is 0.270 e. The molecule has 3 aromatic rings. The molecule has 1 aromatic carbocycles. The minimum Gasteiger partial charge on any atom is -0.379 e. The number of benzene rings is 1. The van der Waals surface area contributed by atoms with Crippen LogP contribution in [0.1, 0.15) is 16.2 Å². The average molecular weight is 336 g/mol. The lowest BCUT2D eigenvalue weighted by atomic mass is 10.0. The van der Waals surface area contributed by atoms with Gasteiger partial charge in [-0.05, 0) is 24.6 Å². The van der Waals surface area contributed by atoms with Crippen molar-refractivity contribution in [2.24, 2.45) is 5.92 Å². The molecule has 1 fully saturated rings. The molecule has 4 rings (SSSR count). The van der Waals surface area contributed by atoms with Crippen LogP contribution in [0.2, 0.25) is 0 Å². The van der Waals surface area contributed by atoms with E-state index < -0.39 is 0 Å². The van der Waals surface area contributed by atoms with Gasteiger partial charge >= 0.3 is 0 Å². The van der Waals surface area contributed by atoms with E-state index in [1.54, 1.807) is 12.5 Å². The number of carbonyl (C=O) groups is 1. The molecule has 0 aliphatic carbocycles. The van der Waals surface area contributed by atoms with Crippen LogP contribution in [-0.2, 0) is 11.2 Å². The Morgan fingerprint density at radius 1 is 1.32 bits per heavy atom. The summed E-state index contributed by atoms with van der Waals surface area (Å²) in [5, 5.41) is 1.05. The molecule has 0 saturated carbocycles. The van der Waals surface area contributed by atoms with Crippen LogP contribution < -0.4 is 0 Å². The average Bonchev–Trinajstić information content (AvgIpc) is 2.95. The van der Waals surface area contributed by atoms with Gasteiger partial charge in [0.15, 0.2) is 0 Å². The molecule has 3 heterocycles. The zero-order valence-corrected chi connectivity index (χ0v) is 13.9.